The van der Waals surface area contributed by atoms with E-state index in [1.54, 1.807) is 0 Å². The maximum absolute atomic E-state index is 11.5. The molecule has 1 atom stereocenters. The normalized spacial score (nSPS) is 26.4. The maximum Gasteiger partial charge on any atom is 0.152 e. The Hall–Kier alpha value is -0.100. The van der Waals surface area contributed by atoms with Gasteiger partial charge in [-0.15, -0.1) is 0 Å². The lowest BCUT2D eigenvalue weighted by Crippen LogP contribution is -2.42. The minimum atomic E-state index is -2.87. The standard InChI is InChI=1S/C12H15BrClNO2S/c1-12(4-5-18(16,17)8-12)15-7-9-2-3-10(13)11(14)6-9/h2-3,6,15H,4-5,7-8H2,1H3. The molecule has 18 heavy (non-hydrogen) atoms. The Kier molecular flexibility index (Phi) is 4.07. The third kappa shape index (κ3) is 3.47. The van der Waals surface area contributed by atoms with Crippen molar-refractivity contribution >= 4 is 37.4 Å². The van der Waals surface area contributed by atoms with Gasteiger partial charge in [-0.1, -0.05) is 17.7 Å². The number of sulfone groups is 1. The average Bonchev–Trinajstić information content (AvgIpc) is 2.56. The molecular formula is C12H15BrClNO2S. The Morgan fingerprint density at radius 3 is 2.78 bits per heavy atom. The fourth-order valence-electron chi connectivity index (χ4n) is 2.11. The largest absolute Gasteiger partial charge is 0.306 e. The van der Waals surface area contributed by atoms with Crippen molar-refractivity contribution in [3.05, 3.63) is 33.3 Å². The van der Waals surface area contributed by atoms with Crippen LogP contribution in [0.4, 0.5) is 0 Å². The summed E-state index contributed by atoms with van der Waals surface area (Å²) in [7, 11) is -2.87. The number of nitrogens with one attached hydrogen (secondary N) is 1. The highest BCUT2D eigenvalue weighted by atomic mass is 79.9. The molecule has 1 aliphatic heterocycles. The first-order valence-electron chi connectivity index (χ1n) is 5.69. The van der Waals surface area contributed by atoms with Crippen LogP contribution < -0.4 is 5.32 Å². The van der Waals surface area contributed by atoms with Crippen molar-refractivity contribution in [3.63, 3.8) is 0 Å². The van der Waals surface area contributed by atoms with Gasteiger partial charge in [-0.3, -0.25) is 0 Å². The van der Waals surface area contributed by atoms with Crippen molar-refractivity contribution < 1.29 is 8.42 Å². The van der Waals surface area contributed by atoms with Gasteiger partial charge in [0.1, 0.15) is 0 Å². The topological polar surface area (TPSA) is 46.2 Å². The van der Waals surface area contributed by atoms with E-state index in [0.717, 1.165) is 10.0 Å². The quantitative estimate of drug-likeness (QED) is 0.910. The molecule has 3 nitrogen and oxygen atoms in total. The minimum absolute atomic E-state index is 0.213. The summed E-state index contributed by atoms with van der Waals surface area (Å²) in [6.07, 6.45) is 0.666. The molecular weight excluding hydrogens is 338 g/mol. The third-order valence-electron chi connectivity index (χ3n) is 3.21. The van der Waals surface area contributed by atoms with E-state index in [-0.39, 0.29) is 17.0 Å². The number of rotatable bonds is 3. The van der Waals surface area contributed by atoms with E-state index in [4.69, 9.17) is 11.6 Å². The van der Waals surface area contributed by atoms with E-state index in [0.29, 0.717) is 18.0 Å². The van der Waals surface area contributed by atoms with Crippen molar-refractivity contribution in [1.82, 2.24) is 5.32 Å². The van der Waals surface area contributed by atoms with Gasteiger partial charge in [-0.25, -0.2) is 8.42 Å². The summed E-state index contributed by atoms with van der Waals surface area (Å²) in [5.41, 5.74) is 0.729. The van der Waals surface area contributed by atoms with E-state index in [9.17, 15) is 8.42 Å². The van der Waals surface area contributed by atoms with Crippen LogP contribution in [0.25, 0.3) is 0 Å². The van der Waals surface area contributed by atoms with E-state index < -0.39 is 9.84 Å². The second-order valence-corrected chi connectivity index (χ2v) is 8.45. The van der Waals surface area contributed by atoms with E-state index in [1.165, 1.54) is 0 Å². The molecule has 2 rings (SSSR count). The monoisotopic (exact) mass is 351 g/mol. The van der Waals surface area contributed by atoms with Crippen LogP contribution >= 0.6 is 27.5 Å². The Morgan fingerprint density at radius 1 is 1.50 bits per heavy atom. The molecule has 0 saturated carbocycles. The summed E-state index contributed by atoms with van der Waals surface area (Å²) < 4.78 is 23.8. The van der Waals surface area contributed by atoms with Crippen LogP contribution in [0.5, 0.6) is 0 Å². The van der Waals surface area contributed by atoms with Gasteiger partial charge in [0.15, 0.2) is 9.84 Å². The molecule has 1 aromatic rings. The summed E-state index contributed by atoms with van der Waals surface area (Å²) >= 11 is 9.36. The molecule has 100 valence electrons. The van der Waals surface area contributed by atoms with Crippen molar-refractivity contribution in [3.8, 4) is 0 Å². The summed E-state index contributed by atoms with van der Waals surface area (Å²) in [5, 5.41) is 3.99. The van der Waals surface area contributed by atoms with Crippen LogP contribution in [0.2, 0.25) is 5.02 Å². The van der Waals surface area contributed by atoms with Gasteiger partial charge in [-0.05, 0) is 47.0 Å². The molecule has 1 aliphatic rings. The van der Waals surface area contributed by atoms with Crippen molar-refractivity contribution in [2.75, 3.05) is 11.5 Å². The first-order valence-corrected chi connectivity index (χ1v) is 8.68. The van der Waals surface area contributed by atoms with Gasteiger partial charge in [0.2, 0.25) is 0 Å². The lowest BCUT2D eigenvalue weighted by Gasteiger charge is -2.24. The summed E-state index contributed by atoms with van der Waals surface area (Å²) in [5.74, 6) is 0.488. The van der Waals surface area contributed by atoms with Gasteiger partial charge in [0.25, 0.3) is 0 Å². The first kappa shape index (κ1) is 14.3. The number of benzene rings is 1. The molecule has 0 aliphatic carbocycles. The second kappa shape index (κ2) is 5.12. The molecule has 1 fully saturated rings. The summed E-state index contributed by atoms with van der Waals surface area (Å²) in [6.45, 7) is 2.58. The van der Waals surface area contributed by atoms with Gasteiger partial charge in [0, 0.05) is 16.6 Å². The fraction of sp³-hybridized carbons (Fsp3) is 0.500. The highest BCUT2D eigenvalue weighted by Gasteiger charge is 2.37. The summed E-state index contributed by atoms with van der Waals surface area (Å²) in [4.78, 5) is 0. The van der Waals surface area contributed by atoms with E-state index in [1.807, 2.05) is 25.1 Å². The molecule has 1 heterocycles. The highest BCUT2D eigenvalue weighted by Crippen LogP contribution is 2.25. The van der Waals surface area contributed by atoms with Gasteiger partial charge in [-0.2, -0.15) is 0 Å². The van der Waals surface area contributed by atoms with Gasteiger partial charge >= 0.3 is 0 Å². The van der Waals surface area contributed by atoms with Gasteiger partial charge < -0.3 is 5.32 Å². The van der Waals surface area contributed by atoms with Crippen LogP contribution in [0, 0.1) is 0 Å². The summed E-state index contributed by atoms with van der Waals surface area (Å²) in [6, 6.07) is 5.74. The number of hydrogen-bond donors (Lipinski definition) is 1. The molecule has 1 N–H and O–H groups in total. The second-order valence-electron chi connectivity index (χ2n) is 5.00. The molecule has 0 spiro atoms. The average molecular weight is 353 g/mol. The van der Waals surface area contributed by atoms with E-state index >= 15 is 0 Å². The first-order chi connectivity index (χ1) is 8.30. The van der Waals surface area contributed by atoms with Crippen molar-refractivity contribution in [2.45, 2.75) is 25.4 Å². The van der Waals surface area contributed by atoms with Crippen LogP contribution in [-0.4, -0.2) is 25.5 Å². The molecule has 0 radical (unpaired) electrons. The van der Waals surface area contributed by atoms with E-state index in [2.05, 4.69) is 21.2 Å². The lowest BCUT2D eigenvalue weighted by atomic mass is 10.0. The van der Waals surface area contributed by atoms with Crippen LogP contribution in [-0.2, 0) is 16.4 Å². The fourth-order valence-corrected chi connectivity index (χ4v) is 4.69. The molecule has 6 heteroatoms. The molecule has 1 unspecified atom stereocenters. The highest BCUT2D eigenvalue weighted by molar-refractivity contribution is 9.10. The molecule has 0 amide bonds. The number of hydrogen-bond acceptors (Lipinski definition) is 3. The van der Waals surface area contributed by atoms with Crippen LogP contribution in [0.1, 0.15) is 18.9 Å². The van der Waals surface area contributed by atoms with Crippen molar-refractivity contribution in [1.29, 1.82) is 0 Å². The van der Waals surface area contributed by atoms with Crippen LogP contribution in [0.3, 0.4) is 0 Å². The molecule has 0 aromatic heterocycles. The van der Waals surface area contributed by atoms with Gasteiger partial charge in [0.05, 0.1) is 16.5 Å². The predicted molar refractivity (Wildman–Crippen MR) is 77.7 cm³/mol. The predicted octanol–water partition coefficient (Wildman–Crippen LogP) is 2.77. The Labute approximate surface area is 121 Å². The zero-order chi connectivity index (χ0) is 13.4. The van der Waals surface area contributed by atoms with Crippen molar-refractivity contribution in [2.24, 2.45) is 0 Å². The Morgan fingerprint density at radius 2 is 2.22 bits per heavy atom. The number of halogens is 2. The maximum atomic E-state index is 11.5. The minimum Gasteiger partial charge on any atom is -0.306 e. The third-order valence-corrected chi connectivity index (χ3v) is 6.34. The zero-order valence-electron chi connectivity index (χ0n) is 10.0. The molecule has 0 bridgehead atoms. The molecule has 1 saturated heterocycles. The molecule has 1 aromatic carbocycles. The van der Waals surface area contributed by atoms with Crippen LogP contribution in [0.15, 0.2) is 22.7 Å². The SMILES string of the molecule is CC1(NCc2ccc(Br)c(Cl)c2)CCS(=O)(=O)C1. The lowest BCUT2D eigenvalue weighted by molar-refractivity contribution is 0.395. The smallest absolute Gasteiger partial charge is 0.152 e. The Bertz CT molecular complexity index is 561. The Balaban J connectivity index is 2.02. The zero-order valence-corrected chi connectivity index (χ0v) is 13.2.